The standard InChI is InChI=1S/C28H19Cl2F2NO2S/c1-2-35-25-9-7-16(10-22(25)30)19-12-26(36-15-19)24-11-17-4-3-5-21(29)27(17)28(34)33(24)14-18-6-8-20(31)13-23(18)32/h3-13,15H,2,14H2,1H3. The van der Waals surface area contributed by atoms with Gasteiger partial charge >= 0.3 is 0 Å². The maximum atomic E-state index is 14.5. The van der Waals surface area contributed by atoms with Crippen molar-refractivity contribution in [2.45, 2.75) is 13.5 Å². The van der Waals surface area contributed by atoms with Crippen LogP contribution in [0.4, 0.5) is 8.78 Å². The molecule has 0 saturated heterocycles. The number of rotatable bonds is 6. The maximum absolute atomic E-state index is 14.5. The molecule has 0 spiro atoms. The van der Waals surface area contributed by atoms with Gasteiger partial charge in [-0.3, -0.25) is 4.79 Å². The van der Waals surface area contributed by atoms with Crippen LogP contribution in [0, 0.1) is 11.6 Å². The Morgan fingerprint density at radius 3 is 2.53 bits per heavy atom. The van der Waals surface area contributed by atoms with Crippen molar-refractivity contribution in [1.29, 1.82) is 0 Å². The van der Waals surface area contributed by atoms with Crippen LogP contribution in [-0.4, -0.2) is 11.2 Å². The van der Waals surface area contributed by atoms with Crippen molar-refractivity contribution in [1.82, 2.24) is 4.57 Å². The van der Waals surface area contributed by atoms with Crippen molar-refractivity contribution in [2.24, 2.45) is 0 Å². The lowest BCUT2D eigenvalue weighted by Gasteiger charge is -2.15. The Kier molecular flexibility index (Phi) is 6.84. The SMILES string of the molecule is CCOc1ccc(-c2csc(-c3cc4cccc(Cl)c4c(=O)n3Cc3ccc(F)cc3F)c2)cc1Cl. The highest BCUT2D eigenvalue weighted by atomic mass is 35.5. The summed E-state index contributed by atoms with van der Waals surface area (Å²) in [5.74, 6) is -0.787. The summed E-state index contributed by atoms with van der Waals surface area (Å²) >= 11 is 14.2. The molecule has 36 heavy (non-hydrogen) atoms. The molecule has 0 bridgehead atoms. The average molecular weight is 542 g/mol. The first-order valence-corrected chi connectivity index (χ1v) is 12.8. The van der Waals surface area contributed by atoms with Gasteiger partial charge < -0.3 is 9.30 Å². The summed E-state index contributed by atoms with van der Waals surface area (Å²) in [6.45, 7) is 2.33. The molecule has 0 aliphatic heterocycles. The molecule has 0 radical (unpaired) electrons. The lowest BCUT2D eigenvalue weighted by molar-refractivity contribution is 0.340. The summed E-state index contributed by atoms with van der Waals surface area (Å²) in [6.07, 6.45) is 0. The molecule has 0 unspecified atom stereocenters. The van der Waals surface area contributed by atoms with Crippen molar-refractivity contribution < 1.29 is 13.5 Å². The van der Waals surface area contributed by atoms with Gasteiger partial charge in [0.15, 0.2) is 0 Å². The predicted octanol–water partition coefficient (Wildman–Crippen LogP) is 8.43. The topological polar surface area (TPSA) is 31.2 Å². The Hall–Kier alpha value is -3.19. The Balaban J connectivity index is 1.65. The van der Waals surface area contributed by atoms with Crippen LogP contribution < -0.4 is 10.3 Å². The fraction of sp³-hybridized carbons (Fsp3) is 0.107. The van der Waals surface area contributed by atoms with E-state index in [1.54, 1.807) is 12.1 Å². The first-order chi connectivity index (χ1) is 17.4. The highest BCUT2D eigenvalue weighted by Gasteiger charge is 2.17. The normalized spacial score (nSPS) is 11.2. The monoisotopic (exact) mass is 541 g/mol. The van der Waals surface area contributed by atoms with Gasteiger partial charge in [0, 0.05) is 11.6 Å². The minimum atomic E-state index is -0.719. The highest BCUT2D eigenvalue weighted by molar-refractivity contribution is 7.14. The highest BCUT2D eigenvalue weighted by Crippen LogP contribution is 2.37. The van der Waals surface area contributed by atoms with E-state index in [2.05, 4.69) is 0 Å². The van der Waals surface area contributed by atoms with E-state index in [1.807, 2.05) is 48.7 Å². The van der Waals surface area contributed by atoms with Gasteiger partial charge in [-0.05, 0) is 65.2 Å². The number of hydrogen-bond acceptors (Lipinski definition) is 3. The molecule has 5 aromatic rings. The van der Waals surface area contributed by atoms with Crippen molar-refractivity contribution >= 4 is 45.3 Å². The maximum Gasteiger partial charge on any atom is 0.260 e. The summed E-state index contributed by atoms with van der Waals surface area (Å²) < 4.78 is 35.0. The van der Waals surface area contributed by atoms with E-state index in [-0.39, 0.29) is 17.7 Å². The molecule has 0 fully saturated rings. The van der Waals surface area contributed by atoms with E-state index >= 15 is 0 Å². The molecular weight excluding hydrogens is 523 g/mol. The van der Waals surface area contributed by atoms with E-state index in [1.165, 1.54) is 28.0 Å². The summed E-state index contributed by atoms with van der Waals surface area (Å²) in [4.78, 5) is 14.4. The first kappa shape index (κ1) is 24.5. The molecule has 2 aromatic heterocycles. The van der Waals surface area contributed by atoms with Crippen molar-refractivity contribution in [2.75, 3.05) is 6.61 Å². The zero-order chi connectivity index (χ0) is 25.4. The number of halogens is 4. The molecule has 182 valence electrons. The van der Waals surface area contributed by atoms with Crippen LogP contribution in [-0.2, 0) is 6.54 Å². The van der Waals surface area contributed by atoms with Gasteiger partial charge in [-0.25, -0.2) is 8.78 Å². The second kappa shape index (κ2) is 10.1. The fourth-order valence-electron chi connectivity index (χ4n) is 4.11. The number of hydrogen-bond donors (Lipinski definition) is 0. The minimum Gasteiger partial charge on any atom is -0.492 e. The quantitative estimate of drug-likeness (QED) is 0.216. The number of pyridine rings is 1. The van der Waals surface area contributed by atoms with Gasteiger partial charge in [-0.15, -0.1) is 11.3 Å². The van der Waals surface area contributed by atoms with Crippen molar-refractivity contribution in [3.05, 3.63) is 110 Å². The van der Waals surface area contributed by atoms with Crippen molar-refractivity contribution in [3.8, 4) is 27.4 Å². The van der Waals surface area contributed by atoms with Crippen LogP contribution in [0.25, 0.3) is 32.5 Å². The second-order valence-electron chi connectivity index (χ2n) is 8.14. The van der Waals surface area contributed by atoms with Crippen LogP contribution in [0.5, 0.6) is 5.75 Å². The number of aromatic nitrogens is 1. The van der Waals surface area contributed by atoms with E-state index < -0.39 is 11.6 Å². The Morgan fingerprint density at radius 1 is 0.944 bits per heavy atom. The number of nitrogens with zero attached hydrogens (tertiary/aromatic N) is 1. The summed E-state index contributed by atoms with van der Waals surface area (Å²) in [5.41, 5.74) is 2.26. The number of thiophene rings is 1. The largest absolute Gasteiger partial charge is 0.492 e. The zero-order valence-electron chi connectivity index (χ0n) is 19.0. The summed E-state index contributed by atoms with van der Waals surface area (Å²) in [7, 11) is 0. The van der Waals surface area contributed by atoms with Crippen LogP contribution in [0.15, 0.2) is 76.9 Å². The molecule has 8 heteroatoms. The summed E-state index contributed by atoms with van der Waals surface area (Å²) in [6, 6.07) is 18.0. The Bertz CT molecular complexity index is 1660. The van der Waals surface area contributed by atoms with Gasteiger partial charge in [0.1, 0.15) is 17.4 Å². The molecule has 0 amide bonds. The van der Waals surface area contributed by atoms with Crippen LogP contribution in [0.2, 0.25) is 10.0 Å². The summed E-state index contributed by atoms with van der Waals surface area (Å²) in [5, 5.41) is 3.81. The smallest absolute Gasteiger partial charge is 0.260 e. The molecule has 0 N–H and O–H groups in total. The van der Waals surface area contributed by atoms with Crippen LogP contribution in [0.3, 0.4) is 0 Å². The molecule has 0 aliphatic carbocycles. The van der Waals surface area contributed by atoms with Crippen LogP contribution in [0.1, 0.15) is 12.5 Å². The van der Waals surface area contributed by atoms with E-state index in [0.717, 1.165) is 22.1 Å². The van der Waals surface area contributed by atoms with Gasteiger partial charge in [0.25, 0.3) is 5.56 Å². The lowest BCUT2D eigenvalue weighted by Crippen LogP contribution is -2.23. The van der Waals surface area contributed by atoms with Crippen molar-refractivity contribution in [3.63, 3.8) is 0 Å². The molecule has 0 atom stereocenters. The fourth-order valence-corrected chi connectivity index (χ4v) is 5.55. The molecule has 0 aliphatic rings. The van der Waals surface area contributed by atoms with E-state index in [0.29, 0.717) is 38.9 Å². The number of fused-ring (bicyclic) bond motifs is 1. The molecule has 5 rings (SSSR count). The molecule has 3 aromatic carbocycles. The minimum absolute atomic E-state index is 0.0798. The Morgan fingerprint density at radius 2 is 1.78 bits per heavy atom. The third-order valence-electron chi connectivity index (χ3n) is 5.85. The Labute approximate surface area is 220 Å². The van der Waals surface area contributed by atoms with Gasteiger partial charge in [0.2, 0.25) is 0 Å². The molecule has 0 saturated carbocycles. The number of benzene rings is 3. The zero-order valence-corrected chi connectivity index (χ0v) is 21.4. The van der Waals surface area contributed by atoms with E-state index in [4.69, 9.17) is 27.9 Å². The van der Waals surface area contributed by atoms with Crippen LogP contribution >= 0.6 is 34.5 Å². The molecule has 2 heterocycles. The van der Waals surface area contributed by atoms with Gasteiger partial charge in [0.05, 0.1) is 39.2 Å². The number of ether oxygens (including phenoxy) is 1. The van der Waals surface area contributed by atoms with Gasteiger partial charge in [-0.1, -0.05) is 47.5 Å². The van der Waals surface area contributed by atoms with E-state index in [9.17, 15) is 13.6 Å². The first-order valence-electron chi connectivity index (χ1n) is 11.1. The second-order valence-corrected chi connectivity index (χ2v) is 9.86. The lowest BCUT2D eigenvalue weighted by atomic mass is 10.1. The molecular formula is C28H19Cl2F2NO2S. The third-order valence-corrected chi connectivity index (χ3v) is 7.41. The predicted molar refractivity (Wildman–Crippen MR) is 144 cm³/mol. The third kappa shape index (κ3) is 4.64. The average Bonchev–Trinajstić information content (AvgIpc) is 3.33. The van der Waals surface area contributed by atoms with Gasteiger partial charge in [-0.2, -0.15) is 0 Å². The molecule has 3 nitrogen and oxygen atoms in total.